The maximum absolute atomic E-state index is 12.1. The van der Waals surface area contributed by atoms with E-state index in [1.54, 1.807) is 31.3 Å². The van der Waals surface area contributed by atoms with Gasteiger partial charge >= 0.3 is 0 Å². The monoisotopic (exact) mass is 261 g/mol. The molecule has 0 spiro atoms. The van der Waals surface area contributed by atoms with Crippen LogP contribution in [0.25, 0.3) is 10.8 Å². The number of benzene rings is 1. The maximum atomic E-state index is 12.1. The molecule has 2 rings (SSSR count). The van der Waals surface area contributed by atoms with Gasteiger partial charge in [0.25, 0.3) is 11.1 Å². The van der Waals surface area contributed by atoms with Gasteiger partial charge in [-0.05, 0) is 19.1 Å². The Bertz CT molecular complexity index is 730. The summed E-state index contributed by atoms with van der Waals surface area (Å²) in [7, 11) is 1.65. The summed E-state index contributed by atoms with van der Waals surface area (Å²) in [6.45, 7) is 2.22. The van der Waals surface area contributed by atoms with E-state index >= 15 is 0 Å². The lowest BCUT2D eigenvalue weighted by molar-refractivity contribution is -0.130. The van der Waals surface area contributed by atoms with Crippen LogP contribution in [0.3, 0.4) is 0 Å². The molecule has 1 amide bonds. The van der Waals surface area contributed by atoms with Crippen molar-refractivity contribution in [3.8, 4) is 0 Å². The molecule has 0 fully saturated rings. The molecule has 0 aliphatic heterocycles. The molecule has 0 saturated carbocycles. The van der Waals surface area contributed by atoms with E-state index in [1.807, 2.05) is 6.92 Å². The Hall–Kier alpha value is -2.37. The van der Waals surface area contributed by atoms with E-state index in [4.69, 9.17) is 0 Å². The highest BCUT2D eigenvalue weighted by Crippen LogP contribution is 2.02. The SMILES string of the molecule is CCN(C)C(=O)Cn1[nH]c(=O)c2ccccc2c1=O. The molecule has 1 heterocycles. The fourth-order valence-electron chi connectivity index (χ4n) is 1.79. The molecular formula is C13H15N3O3. The lowest BCUT2D eigenvalue weighted by Crippen LogP contribution is -2.37. The Labute approximate surface area is 109 Å². The largest absolute Gasteiger partial charge is 0.344 e. The summed E-state index contributed by atoms with van der Waals surface area (Å²) in [4.78, 5) is 37.3. The number of amides is 1. The molecule has 1 N–H and O–H groups in total. The van der Waals surface area contributed by atoms with Crippen LogP contribution in [-0.4, -0.2) is 34.2 Å². The number of likely N-dealkylation sites (N-methyl/N-ethyl adjacent to an activating group) is 1. The van der Waals surface area contributed by atoms with Crippen molar-refractivity contribution in [1.82, 2.24) is 14.7 Å². The third-order valence-corrected chi connectivity index (χ3v) is 3.08. The van der Waals surface area contributed by atoms with Gasteiger partial charge in [0.2, 0.25) is 5.91 Å². The number of hydrogen-bond donors (Lipinski definition) is 1. The highest BCUT2D eigenvalue weighted by atomic mass is 16.2. The molecule has 6 nitrogen and oxygen atoms in total. The van der Waals surface area contributed by atoms with E-state index in [2.05, 4.69) is 5.10 Å². The number of nitrogens with zero attached hydrogens (tertiary/aromatic N) is 2. The zero-order valence-electron chi connectivity index (χ0n) is 10.8. The molecule has 2 aromatic rings. The zero-order valence-corrected chi connectivity index (χ0v) is 10.8. The number of aromatic amines is 1. The fourth-order valence-corrected chi connectivity index (χ4v) is 1.79. The van der Waals surface area contributed by atoms with Crippen LogP contribution in [0.4, 0.5) is 0 Å². The first-order chi connectivity index (χ1) is 9.04. The Morgan fingerprint density at radius 2 is 1.89 bits per heavy atom. The Morgan fingerprint density at radius 3 is 2.53 bits per heavy atom. The van der Waals surface area contributed by atoms with Gasteiger partial charge in [-0.15, -0.1) is 0 Å². The van der Waals surface area contributed by atoms with Gasteiger partial charge < -0.3 is 4.90 Å². The number of carbonyl (C=O) groups excluding carboxylic acids is 1. The number of H-pyrrole nitrogens is 1. The highest BCUT2D eigenvalue weighted by molar-refractivity contribution is 5.81. The molecule has 19 heavy (non-hydrogen) atoms. The van der Waals surface area contributed by atoms with Crippen LogP contribution in [0.1, 0.15) is 6.92 Å². The molecule has 0 bridgehead atoms. The summed E-state index contributed by atoms with van der Waals surface area (Å²) in [6.07, 6.45) is 0. The van der Waals surface area contributed by atoms with E-state index in [-0.39, 0.29) is 23.6 Å². The van der Waals surface area contributed by atoms with Crippen molar-refractivity contribution >= 4 is 16.7 Å². The lowest BCUT2D eigenvalue weighted by atomic mass is 10.2. The second kappa shape index (κ2) is 5.09. The highest BCUT2D eigenvalue weighted by Gasteiger charge is 2.12. The van der Waals surface area contributed by atoms with Crippen LogP contribution < -0.4 is 11.1 Å². The first kappa shape index (κ1) is 13.1. The predicted molar refractivity (Wildman–Crippen MR) is 72.1 cm³/mol. The Morgan fingerprint density at radius 1 is 1.26 bits per heavy atom. The second-order valence-corrected chi connectivity index (χ2v) is 4.29. The van der Waals surface area contributed by atoms with Gasteiger partial charge in [0.15, 0.2) is 0 Å². The lowest BCUT2D eigenvalue weighted by Gasteiger charge is -2.15. The van der Waals surface area contributed by atoms with Crippen molar-refractivity contribution < 1.29 is 4.79 Å². The van der Waals surface area contributed by atoms with E-state index in [1.165, 1.54) is 4.90 Å². The van der Waals surface area contributed by atoms with Gasteiger partial charge in [0.05, 0.1) is 10.8 Å². The number of carbonyl (C=O) groups is 1. The van der Waals surface area contributed by atoms with Crippen LogP contribution in [0, 0.1) is 0 Å². The molecule has 0 aliphatic rings. The third-order valence-electron chi connectivity index (χ3n) is 3.08. The zero-order chi connectivity index (χ0) is 14.0. The molecule has 0 aliphatic carbocycles. The molecular weight excluding hydrogens is 246 g/mol. The third kappa shape index (κ3) is 2.42. The summed E-state index contributed by atoms with van der Waals surface area (Å²) in [5, 5.41) is 3.08. The molecule has 1 aromatic carbocycles. The van der Waals surface area contributed by atoms with Gasteiger partial charge in [-0.1, -0.05) is 12.1 Å². The summed E-state index contributed by atoms with van der Waals surface area (Å²) in [6, 6.07) is 6.54. The molecule has 100 valence electrons. The van der Waals surface area contributed by atoms with Crippen LogP contribution in [-0.2, 0) is 11.3 Å². The number of hydrogen-bond acceptors (Lipinski definition) is 3. The predicted octanol–water partition coefficient (Wildman–Crippen LogP) is 0.168. The molecule has 0 radical (unpaired) electrons. The summed E-state index contributed by atoms with van der Waals surface area (Å²) in [5.74, 6) is -0.226. The Balaban J connectivity index is 2.51. The first-order valence-electron chi connectivity index (χ1n) is 6.00. The fraction of sp³-hybridized carbons (Fsp3) is 0.308. The van der Waals surface area contributed by atoms with Gasteiger partial charge in [-0.2, -0.15) is 0 Å². The second-order valence-electron chi connectivity index (χ2n) is 4.29. The van der Waals surface area contributed by atoms with Crippen LogP contribution >= 0.6 is 0 Å². The minimum Gasteiger partial charge on any atom is -0.344 e. The molecule has 0 saturated heterocycles. The summed E-state index contributed by atoms with van der Waals surface area (Å²) >= 11 is 0. The van der Waals surface area contributed by atoms with Crippen molar-refractivity contribution in [2.24, 2.45) is 0 Å². The average molecular weight is 261 g/mol. The summed E-state index contributed by atoms with van der Waals surface area (Å²) < 4.78 is 1.05. The van der Waals surface area contributed by atoms with E-state index in [0.717, 1.165) is 4.68 Å². The van der Waals surface area contributed by atoms with Gasteiger partial charge in [-0.3, -0.25) is 19.5 Å². The van der Waals surface area contributed by atoms with E-state index in [0.29, 0.717) is 17.3 Å². The number of nitrogens with one attached hydrogen (secondary N) is 1. The smallest absolute Gasteiger partial charge is 0.273 e. The van der Waals surface area contributed by atoms with Gasteiger partial charge in [-0.25, -0.2) is 4.68 Å². The molecule has 0 atom stereocenters. The average Bonchev–Trinajstić information content (AvgIpc) is 2.43. The van der Waals surface area contributed by atoms with Crippen LogP contribution in [0.15, 0.2) is 33.9 Å². The molecule has 1 aromatic heterocycles. The van der Waals surface area contributed by atoms with Crippen LogP contribution in [0.2, 0.25) is 0 Å². The number of aromatic nitrogens is 2. The van der Waals surface area contributed by atoms with E-state index in [9.17, 15) is 14.4 Å². The number of fused-ring (bicyclic) bond motifs is 1. The van der Waals surface area contributed by atoms with E-state index < -0.39 is 0 Å². The van der Waals surface area contributed by atoms with Crippen molar-refractivity contribution in [3.63, 3.8) is 0 Å². The normalized spacial score (nSPS) is 10.6. The first-order valence-corrected chi connectivity index (χ1v) is 6.00. The van der Waals surface area contributed by atoms with Crippen molar-refractivity contribution in [2.75, 3.05) is 13.6 Å². The van der Waals surface area contributed by atoms with Crippen molar-refractivity contribution in [3.05, 3.63) is 45.0 Å². The van der Waals surface area contributed by atoms with Crippen LogP contribution in [0.5, 0.6) is 0 Å². The van der Waals surface area contributed by atoms with Gasteiger partial charge in [0, 0.05) is 13.6 Å². The van der Waals surface area contributed by atoms with Crippen molar-refractivity contribution in [1.29, 1.82) is 0 Å². The molecule has 6 heteroatoms. The number of rotatable bonds is 3. The molecule has 0 unspecified atom stereocenters. The maximum Gasteiger partial charge on any atom is 0.273 e. The topological polar surface area (TPSA) is 75.2 Å². The standard InChI is InChI=1S/C13H15N3O3/c1-3-15(2)11(17)8-16-13(19)10-7-5-4-6-9(10)12(18)14-16/h4-7H,3,8H2,1-2H3,(H,14,18). The minimum atomic E-state index is -0.373. The Kier molecular flexibility index (Phi) is 3.50. The van der Waals surface area contributed by atoms with Crippen molar-refractivity contribution in [2.45, 2.75) is 13.5 Å². The summed E-state index contributed by atoms with van der Waals surface area (Å²) in [5.41, 5.74) is -0.741. The quantitative estimate of drug-likeness (QED) is 0.855. The van der Waals surface area contributed by atoms with Gasteiger partial charge in [0.1, 0.15) is 6.54 Å². The minimum absolute atomic E-state index is 0.163.